The van der Waals surface area contributed by atoms with Crippen molar-refractivity contribution in [2.24, 2.45) is 4.99 Å². The first kappa shape index (κ1) is 16.5. The smallest absolute Gasteiger partial charge is 0.535 e. The molecule has 0 fully saturated rings. The molecule has 0 spiro atoms. The monoisotopic (exact) mass is 190 g/mol. The molecule has 0 amide bonds. The van der Waals surface area contributed by atoms with Gasteiger partial charge in [-0.1, -0.05) is 20.8 Å². The maximum absolute atomic E-state index is 4.36. The quantitative estimate of drug-likeness (QED) is 0.186. The molecule has 0 rings (SSSR count). The largest absolute Gasteiger partial charge is 1.00 e. The Kier molecular flexibility index (Phi) is 11.3. The van der Waals surface area contributed by atoms with Crippen molar-refractivity contribution in [2.45, 2.75) is 59.5 Å². The van der Waals surface area contributed by atoms with Gasteiger partial charge in [-0.15, -0.1) is 0 Å². The Morgan fingerprint density at radius 1 is 1.14 bits per heavy atom. The zero-order valence-electron chi connectivity index (χ0n) is 10.7. The van der Waals surface area contributed by atoms with E-state index in [1.807, 2.05) is 0 Å². The van der Waals surface area contributed by atoms with Crippen LogP contribution in [0.2, 0.25) is 0 Å². The number of hydrogen-bond acceptors (Lipinski definition) is 1. The average Bonchev–Trinajstić information content (AvgIpc) is 2.17. The van der Waals surface area contributed by atoms with E-state index in [1.165, 1.54) is 0 Å². The van der Waals surface area contributed by atoms with Gasteiger partial charge in [-0.05, 0) is 39.3 Å². The van der Waals surface area contributed by atoms with Gasteiger partial charge in [0.2, 0.25) is 0 Å². The zero-order valence-corrected chi connectivity index (χ0v) is 10.7. The average molecular weight is 190 g/mol. The van der Waals surface area contributed by atoms with Gasteiger partial charge in [0.05, 0.1) is 0 Å². The third kappa shape index (κ3) is 6.51. The van der Waals surface area contributed by atoms with Gasteiger partial charge in [0, 0.05) is 6.04 Å². The molecule has 2 unspecified atom stereocenters. The Labute approximate surface area is 101 Å². The van der Waals surface area contributed by atoms with Gasteiger partial charge >= 0.3 is 18.9 Å². The molecule has 0 aromatic heterocycles. The summed E-state index contributed by atoms with van der Waals surface area (Å²) in [7, 11) is 0. The third-order valence-corrected chi connectivity index (χ3v) is 2.46. The minimum absolute atomic E-state index is 0. The second kappa shape index (κ2) is 9.62. The molecule has 0 aliphatic carbocycles. The first-order valence-corrected chi connectivity index (χ1v) is 5.37. The maximum Gasteiger partial charge on any atom is 1.00 e. The minimum Gasteiger partial charge on any atom is -0.535 e. The summed E-state index contributed by atoms with van der Waals surface area (Å²) in [6, 6.07) is 0.955. The summed E-state index contributed by atoms with van der Waals surface area (Å²) in [6.07, 6.45) is 5.37. The van der Waals surface area contributed by atoms with Crippen LogP contribution in [-0.4, -0.2) is 29.9 Å². The van der Waals surface area contributed by atoms with Gasteiger partial charge in [0.15, 0.2) is 0 Å². The normalized spacial score (nSPS) is 14.9. The third-order valence-electron chi connectivity index (χ3n) is 2.46. The van der Waals surface area contributed by atoms with Crippen molar-refractivity contribution in [3.05, 3.63) is 0 Å². The zero-order chi connectivity index (χ0) is 10.3. The summed E-state index contributed by atoms with van der Waals surface area (Å²) in [6.45, 7) is 11.8. The second-order valence-electron chi connectivity index (χ2n) is 3.53. The molecule has 0 aromatic rings. The summed E-state index contributed by atoms with van der Waals surface area (Å²) in [4.78, 5) is 6.53. The topological polar surface area (TPSA) is 15.6 Å². The van der Waals surface area contributed by atoms with Gasteiger partial charge in [-0.2, -0.15) is 0 Å². The Morgan fingerprint density at radius 2 is 1.71 bits per heavy atom. The van der Waals surface area contributed by atoms with Gasteiger partial charge in [0.1, 0.15) is 0 Å². The van der Waals surface area contributed by atoms with Gasteiger partial charge < -0.3 is 9.89 Å². The fraction of sp³-hybridized carbons (Fsp3) is 0.909. The predicted molar refractivity (Wildman–Crippen MR) is 59.3 cm³/mol. The molecule has 0 saturated heterocycles. The summed E-state index contributed by atoms with van der Waals surface area (Å²) in [5, 5.41) is 0. The summed E-state index contributed by atoms with van der Waals surface area (Å²) < 4.78 is 0. The first-order valence-electron chi connectivity index (χ1n) is 5.37. The molecule has 0 radical (unpaired) electrons. The molecule has 0 heterocycles. The van der Waals surface area contributed by atoms with Crippen molar-refractivity contribution < 1.29 is 18.9 Å². The molecule has 0 aliphatic heterocycles. The van der Waals surface area contributed by atoms with Crippen LogP contribution >= 0.6 is 0 Å². The Morgan fingerprint density at radius 3 is 2.07 bits per heavy atom. The van der Waals surface area contributed by atoms with Crippen molar-refractivity contribution in [1.82, 2.24) is 4.90 Å². The van der Waals surface area contributed by atoms with E-state index in [2.05, 4.69) is 50.8 Å². The van der Waals surface area contributed by atoms with E-state index in [9.17, 15) is 0 Å². The van der Waals surface area contributed by atoms with Crippen molar-refractivity contribution >= 4 is 6.34 Å². The van der Waals surface area contributed by atoms with E-state index in [0.29, 0.717) is 12.1 Å². The molecule has 0 bridgehead atoms. The Hall–Kier alpha value is 0.0674. The van der Waals surface area contributed by atoms with Crippen LogP contribution < -0.4 is 18.9 Å². The fourth-order valence-corrected chi connectivity index (χ4v) is 0.965. The van der Waals surface area contributed by atoms with Crippen LogP contribution in [0, 0.1) is 0 Å². The Bertz CT molecular complexity index is 148. The standard InChI is InChI=1S/C11H23N2.Li/c1-6-10(4)12-9-13(8-3)11(5)7-2;/h10-11H,6-8H2,1-5H3;/q-1;+1. The van der Waals surface area contributed by atoms with Gasteiger partial charge in [0.25, 0.3) is 0 Å². The molecule has 0 aliphatic rings. The van der Waals surface area contributed by atoms with Crippen molar-refractivity contribution in [1.29, 1.82) is 0 Å². The molecule has 78 valence electrons. The van der Waals surface area contributed by atoms with Crippen LogP contribution in [0.1, 0.15) is 47.5 Å². The van der Waals surface area contributed by atoms with Crippen LogP contribution in [0.4, 0.5) is 0 Å². The maximum atomic E-state index is 4.36. The number of hydrogen-bond donors (Lipinski definition) is 0. The number of nitrogens with zero attached hydrogens (tertiary/aromatic N) is 2. The summed E-state index contributed by atoms with van der Waals surface area (Å²) in [5.74, 6) is 0. The fourth-order valence-electron chi connectivity index (χ4n) is 0.965. The molecule has 14 heavy (non-hydrogen) atoms. The van der Waals surface area contributed by atoms with Crippen LogP contribution in [0.3, 0.4) is 0 Å². The van der Waals surface area contributed by atoms with Crippen LogP contribution in [0.25, 0.3) is 0 Å². The van der Waals surface area contributed by atoms with E-state index in [0.717, 1.165) is 19.4 Å². The predicted octanol–water partition coefficient (Wildman–Crippen LogP) is -0.185. The van der Waals surface area contributed by atoms with Gasteiger partial charge in [-0.3, -0.25) is 6.34 Å². The summed E-state index contributed by atoms with van der Waals surface area (Å²) in [5.41, 5.74) is 0. The van der Waals surface area contributed by atoms with Crippen molar-refractivity contribution in [3.8, 4) is 0 Å². The molecule has 3 heteroatoms. The van der Waals surface area contributed by atoms with E-state index >= 15 is 0 Å². The van der Waals surface area contributed by atoms with Crippen molar-refractivity contribution in [3.63, 3.8) is 0 Å². The molecule has 0 N–H and O–H groups in total. The molecular weight excluding hydrogens is 167 g/mol. The van der Waals surface area contributed by atoms with E-state index < -0.39 is 0 Å². The number of aliphatic imine (C=N–C) groups is 1. The Balaban J connectivity index is 0. The van der Waals surface area contributed by atoms with E-state index in [1.54, 1.807) is 0 Å². The number of rotatable bonds is 6. The molecule has 2 atom stereocenters. The van der Waals surface area contributed by atoms with E-state index in [-0.39, 0.29) is 18.9 Å². The minimum atomic E-state index is 0. The van der Waals surface area contributed by atoms with Crippen molar-refractivity contribution in [2.75, 3.05) is 6.54 Å². The van der Waals surface area contributed by atoms with Gasteiger partial charge in [-0.25, -0.2) is 0 Å². The molecular formula is C11H23LiN2. The molecule has 2 nitrogen and oxygen atoms in total. The second-order valence-corrected chi connectivity index (χ2v) is 3.53. The SMILES string of the molecule is CCC(C)N=[C-]N(CC)C(C)CC.[Li+]. The van der Waals surface area contributed by atoms with Crippen LogP contribution in [0.5, 0.6) is 0 Å². The van der Waals surface area contributed by atoms with Crippen LogP contribution in [-0.2, 0) is 0 Å². The summed E-state index contributed by atoms with van der Waals surface area (Å²) >= 11 is 0. The van der Waals surface area contributed by atoms with Crippen LogP contribution in [0.15, 0.2) is 4.99 Å². The molecule has 0 aromatic carbocycles. The van der Waals surface area contributed by atoms with E-state index in [4.69, 9.17) is 0 Å². The molecule has 0 saturated carbocycles. The first-order chi connectivity index (χ1) is 6.15.